The Bertz CT molecular complexity index is 743. The summed E-state index contributed by atoms with van der Waals surface area (Å²) in [4.78, 5) is 52.5. The van der Waals surface area contributed by atoms with E-state index in [-0.39, 0.29) is 24.2 Å². The fraction of sp³-hybridized carbons (Fsp3) is 0.833. The van der Waals surface area contributed by atoms with Gasteiger partial charge in [0.2, 0.25) is 11.8 Å². The Kier molecular flexibility index (Phi) is 8.23. The third kappa shape index (κ3) is 6.60. The number of carbonyl (C=O) groups is 4. The van der Waals surface area contributed by atoms with Crippen molar-refractivity contribution in [2.45, 2.75) is 89.8 Å². The Morgan fingerprint density at radius 2 is 1.82 bits per heavy atom. The van der Waals surface area contributed by atoms with E-state index in [4.69, 9.17) is 9.47 Å². The zero-order chi connectivity index (χ0) is 24.2. The topological polar surface area (TPSA) is 114 Å². The molecule has 9 nitrogen and oxygen atoms in total. The second kappa shape index (κ2) is 10.7. The van der Waals surface area contributed by atoms with Gasteiger partial charge in [-0.25, -0.2) is 9.59 Å². The molecule has 0 spiro atoms. The summed E-state index contributed by atoms with van der Waals surface area (Å²) in [5, 5.41) is 5.60. The average Bonchev–Trinajstić information content (AvgIpc) is 3.42. The molecule has 0 bridgehead atoms. The van der Waals surface area contributed by atoms with Crippen LogP contribution in [0.3, 0.4) is 0 Å². The van der Waals surface area contributed by atoms with E-state index in [1.165, 1.54) is 24.9 Å². The zero-order valence-corrected chi connectivity index (χ0v) is 20.4. The van der Waals surface area contributed by atoms with Crippen LogP contribution in [0, 0.1) is 17.8 Å². The lowest BCUT2D eigenvalue weighted by Gasteiger charge is -2.30. The predicted molar refractivity (Wildman–Crippen MR) is 121 cm³/mol. The summed E-state index contributed by atoms with van der Waals surface area (Å²) in [6.45, 7) is 6.50. The van der Waals surface area contributed by atoms with Crippen LogP contribution in [0.4, 0.5) is 4.79 Å². The van der Waals surface area contributed by atoms with E-state index in [0.717, 1.165) is 19.3 Å². The second-order valence-electron chi connectivity index (χ2n) is 10.6. The number of ether oxygens (including phenoxy) is 2. The molecule has 0 aromatic rings. The van der Waals surface area contributed by atoms with Crippen LogP contribution in [-0.4, -0.2) is 66.7 Å². The number of amides is 3. The number of hydrogen-bond donors (Lipinski definition) is 2. The van der Waals surface area contributed by atoms with Crippen LogP contribution < -0.4 is 10.6 Å². The van der Waals surface area contributed by atoms with Crippen LogP contribution in [-0.2, 0) is 23.9 Å². The van der Waals surface area contributed by atoms with Crippen molar-refractivity contribution in [1.82, 2.24) is 15.5 Å². The summed E-state index contributed by atoms with van der Waals surface area (Å²) in [7, 11) is 1.27. The monoisotopic (exact) mass is 465 g/mol. The quantitative estimate of drug-likeness (QED) is 0.582. The van der Waals surface area contributed by atoms with E-state index in [1.807, 2.05) is 0 Å². The maximum Gasteiger partial charge on any atom is 0.410 e. The van der Waals surface area contributed by atoms with Crippen LogP contribution >= 0.6 is 0 Å². The number of methoxy groups -OCH3 is 1. The summed E-state index contributed by atoms with van der Waals surface area (Å²) < 4.78 is 10.5. The van der Waals surface area contributed by atoms with Gasteiger partial charge in [-0.2, -0.15) is 0 Å². The fourth-order valence-corrected chi connectivity index (χ4v) is 5.38. The number of nitrogens with zero attached hydrogens (tertiary/aromatic N) is 1. The normalized spacial score (nSPS) is 27.1. The fourth-order valence-electron chi connectivity index (χ4n) is 5.38. The van der Waals surface area contributed by atoms with Crippen LogP contribution in [0.2, 0.25) is 0 Å². The maximum absolute atomic E-state index is 13.4. The first kappa shape index (κ1) is 25.3. The van der Waals surface area contributed by atoms with Gasteiger partial charge in [0.15, 0.2) is 0 Å². The van der Waals surface area contributed by atoms with Crippen LogP contribution in [0.5, 0.6) is 0 Å². The first-order chi connectivity index (χ1) is 15.6. The minimum atomic E-state index is -0.942. The Balaban J connectivity index is 1.73. The van der Waals surface area contributed by atoms with Gasteiger partial charge >= 0.3 is 12.1 Å². The standard InChI is InChI=1S/C24H39N3O6/c1-24(2,3)33-23(31)27-14-17(15-8-5-6-9-15)13-19(27)21(29)26-18(22(30)32-4)12-16-10-7-11-25-20(16)28/h15-19H,5-14H2,1-4H3,(H,25,28)(H,26,29)/t16-,17?,18?,19?/m0/s1. The third-order valence-electron chi connectivity index (χ3n) is 7.05. The molecule has 1 aliphatic carbocycles. The molecule has 3 aliphatic rings. The van der Waals surface area contributed by atoms with E-state index in [1.54, 1.807) is 20.8 Å². The molecule has 0 aromatic carbocycles. The molecule has 33 heavy (non-hydrogen) atoms. The molecule has 4 atom stereocenters. The number of esters is 1. The van der Waals surface area contributed by atoms with Gasteiger partial charge in [0.1, 0.15) is 17.7 Å². The highest BCUT2D eigenvalue weighted by atomic mass is 16.6. The highest BCUT2D eigenvalue weighted by Crippen LogP contribution is 2.39. The molecule has 3 rings (SSSR count). The molecular formula is C24H39N3O6. The van der Waals surface area contributed by atoms with Crippen molar-refractivity contribution in [3.8, 4) is 0 Å². The summed E-state index contributed by atoms with van der Waals surface area (Å²) >= 11 is 0. The number of likely N-dealkylation sites (tertiary alicyclic amines) is 1. The van der Waals surface area contributed by atoms with Gasteiger partial charge in [0.25, 0.3) is 0 Å². The molecule has 3 unspecified atom stereocenters. The van der Waals surface area contributed by atoms with Gasteiger partial charge in [-0.3, -0.25) is 14.5 Å². The summed E-state index contributed by atoms with van der Waals surface area (Å²) in [5.74, 6) is -0.725. The summed E-state index contributed by atoms with van der Waals surface area (Å²) in [5.41, 5.74) is -0.674. The SMILES string of the molecule is COC(=O)C(C[C@@H]1CCCNC1=O)NC(=O)C1CC(C2CCCC2)CN1C(=O)OC(C)(C)C. The highest BCUT2D eigenvalue weighted by Gasteiger charge is 2.45. The van der Waals surface area contributed by atoms with Crippen molar-refractivity contribution in [2.75, 3.05) is 20.2 Å². The molecule has 1 saturated carbocycles. The van der Waals surface area contributed by atoms with Crippen molar-refractivity contribution in [3.05, 3.63) is 0 Å². The van der Waals surface area contributed by atoms with Gasteiger partial charge in [-0.1, -0.05) is 25.7 Å². The van der Waals surface area contributed by atoms with Gasteiger partial charge in [0.05, 0.1) is 7.11 Å². The average molecular weight is 466 g/mol. The van der Waals surface area contributed by atoms with Crippen molar-refractivity contribution < 1.29 is 28.7 Å². The van der Waals surface area contributed by atoms with Gasteiger partial charge < -0.3 is 20.1 Å². The highest BCUT2D eigenvalue weighted by molar-refractivity contribution is 5.90. The molecule has 186 valence electrons. The van der Waals surface area contributed by atoms with Crippen LogP contribution in [0.25, 0.3) is 0 Å². The number of rotatable bonds is 6. The predicted octanol–water partition coefficient (Wildman–Crippen LogP) is 2.38. The smallest absolute Gasteiger partial charge is 0.410 e. The molecule has 9 heteroatoms. The number of nitrogens with one attached hydrogen (secondary N) is 2. The van der Waals surface area contributed by atoms with E-state index in [0.29, 0.717) is 31.8 Å². The van der Waals surface area contributed by atoms with Gasteiger partial charge in [-0.15, -0.1) is 0 Å². The zero-order valence-electron chi connectivity index (χ0n) is 20.4. The Labute approximate surface area is 196 Å². The first-order valence-electron chi connectivity index (χ1n) is 12.2. The Hall–Kier alpha value is -2.32. The molecule has 2 aliphatic heterocycles. The lowest BCUT2D eigenvalue weighted by Crippen LogP contribution is -2.53. The Morgan fingerprint density at radius 1 is 1.12 bits per heavy atom. The molecule has 2 heterocycles. The second-order valence-corrected chi connectivity index (χ2v) is 10.6. The Morgan fingerprint density at radius 3 is 2.42 bits per heavy atom. The minimum absolute atomic E-state index is 0.109. The summed E-state index contributed by atoms with van der Waals surface area (Å²) in [6, 6.07) is -1.65. The molecule has 2 N–H and O–H groups in total. The maximum atomic E-state index is 13.4. The van der Waals surface area contributed by atoms with Crippen molar-refractivity contribution in [2.24, 2.45) is 17.8 Å². The summed E-state index contributed by atoms with van der Waals surface area (Å²) in [6.07, 6.45) is 6.29. The van der Waals surface area contributed by atoms with Gasteiger partial charge in [-0.05, 0) is 58.3 Å². The van der Waals surface area contributed by atoms with Gasteiger partial charge in [0, 0.05) is 19.0 Å². The number of piperidine rings is 1. The first-order valence-corrected chi connectivity index (χ1v) is 12.2. The lowest BCUT2D eigenvalue weighted by atomic mass is 9.88. The van der Waals surface area contributed by atoms with Crippen molar-refractivity contribution in [1.29, 1.82) is 0 Å². The lowest BCUT2D eigenvalue weighted by molar-refractivity contribution is -0.146. The third-order valence-corrected chi connectivity index (χ3v) is 7.05. The minimum Gasteiger partial charge on any atom is -0.467 e. The molecule has 0 radical (unpaired) electrons. The van der Waals surface area contributed by atoms with Crippen LogP contribution in [0.1, 0.15) is 72.1 Å². The van der Waals surface area contributed by atoms with Crippen LogP contribution in [0.15, 0.2) is 0 Å². The molecular weight excluding hydrogens is 426 g/mol. The molecule has 3 fully saturated rings. The number of carbonyl (C=O) groups excluding carboxylic acids is 4. The number of hydrogen-bond acceptors (Lipinski definition) is 6. The van der Waals surface area contributed by atoms with E-state index < -0.39 is 35.7 Å². The molecule has 0 aromatic heterocycles. The van der Waals surface area contributed by atoms with E-state index in [2.05, 4.69) is 10.6 Å². The largest absolute Gasteiger partial charge is 0.467 e. The van der Waals surface area contributed by atoms with E-state index in [9.17, 15) is 19.2 Å². The van der Waals surface area contributed by atoms with Crippen molar-refractivity contribution in [3.63, 3.8) is 0 Å². The van der Waals surface area contributed by atoms with E-state index >= 15 is 0 Å². The van der Waals surface area contributed by atoms with Crippen molar-refractivity contribution >= 4 is 23.9 Å². The molecule has 2 saturated heterocycles. The molecule has 3 amide bonds.